The SMILES string of the molecule is CCN(CC)c1cc(C(=O)NCCN(C)C)nc(-c2ccccc2)n1. The number of hydrogen-bond donors (Lipinski definition) is 1. The number of amides is 1. The molecule has 0 unspecified atom stereocenters. The summed E-state index contributed by atoms with van der Waals surface area (Å²) in [4.78, 5) is 25.8. The molecule has 1 aromatic heterocycles. The Hall–Kier alpha value is -2.47. The van der Waals surface area contributed by atoms with Crippen LogP contribution >= 0.6 is 0 Å². The van der Waals surface area contributed by atoms with E-state index < -0.39 is 0 Å². The minimum absolute atomic E-state index is 0.171. The van der Waals surface area contributed by atoms with Gasteiger partial charge in [0, 0.05) is 37.8 Å². The molecule has 134 valence electrons. The molecule has 6 heteroatoms. The zero-order valence-corrected chi connectivity index (χ0v) is 15.5. The van der Waals surface area contributed by atoms with E-state index in [9.17, 15) is 4.79 Å². The third-order valence-electron chi connectivity index (χ3n) is 3.91. The number of anilines is 1. The van der Waals surface area contributed by atoms with Crippen molar-refractivity contribution in [1.29, 1.82) is 0 Å². The highest BCUT2D eigenvalue weighted by Gasteiger charge is 2.15. The number of benzene rings is 1. The van der Waals surface area contributed by atoms with Gasteiger partial charge in [-0.1, -0.05) is 30.3 Å². The Morgan fingerprint density at radius 1 is 1.08 bits per heavy atom. The minimum atomic E-state index is -0.171. The Balaban J connectivity index is 2.34. The minimum Gasteiger partial charge on any atom is -0.357 e. The van der Waals surface area contributed by atoms with E-state index in [4.69, 9.17) is 0 Å². The lowest BCUT2D eigenvalue weighted by atomic mass is 10.2. The van der Waals surface area contributed by atoms with Crippen molar-refractivity contribution >= 4 is 11.7 Å². The summed E-state index contributed by atoms with van der Waals surface area (Å²) in [5, 5.41) is 2.92. The molecule has 6 nitrogen and oxygen atoms in total. The summed E-state index contributed by atoms with van der Waals surface area (Å²) in [5.74, 6) is 1.18. The molecule has 0 spiro atoms. The fourth-order valence-electron chi connectivity index (χ4n) is 2.46. The molecule has 0 aliphatic rings. The number of carbonyl (C=O) groups is 1. The highest BCUT2D eigenvalue weighted by atomic mass is 16.1. The lowest BCUT2D eigenvalue weighted by molar-refractivity contribution is 0.0946. The summed E-state index contributed by atoms with van der Waals surface area (Å²) < 4.78 is 0. The van der Waals surface area contributed by atoms with Gasteiger partial charge >= 0.3 is 0 Å². The van der Waals surface area contributed by atoms with Gasteiger partial charge in [0.05, 0.1) is 0 Å². The predicted molar refractivity (Wildman–Crippen MR) is 102 cm³/mol. The lowest BCUT2D eigenvalue weighted by Gasteiger charge is -2.21. The van der Waals surface area contributed by atoms with E-state index >= 15 is 0 Å². The predicted octanol–water partition coefficient (Wildman–Crippen LogP) is 2.28. The first kappa shape index (κ1) is 18.9. The summed E-state index contributed by atoms with van der Waals surface area (Å²) >= 11 is 0. The van der Waals surface area contributed by atoms with E-state index in [0.29, 0.717) is 18.1 Å². The van der Waals surface area contributed by atoms with Crippen molar-refractivity contribution in [2.24, 2.45) is 0 Å². The number of nitrogens with zero attached hydrogens (tertiary/aromatic N) is 4. The molecular formula is C19H27N5O. The van der Waals surface area contributed by atoms with Gasteiger partial charge < -0.3 is 15.1 Å². The third-order valence-corrected chi connectivity index (χ3v) is 3.91. The summed E-state index contributed by atoms with van der Waals surface area (Å²) in [6, 6.07) is 11.5. The van der Waals surface area contributed by atoms with Gasteiger partial charge in [-0.25, -0.2) is 9.97 Å². The third kappa shape index (κ3) is 5.26. The van der Waals surface area contributed by atoms with Crippen LogP contribution in [0.25, 0.3) is 11.4 Å². The van der Waals surface area contributed by atoms with Crippen molar-refractivity contribution in [2.45, 2.75) is 13.8 Å². The molecule has 2 rings (SSSR count). The smallest absolute Gasteiger partial charge is 0.270 e. The van der Waals surface area contributed by atoms with Crippen molar-refractivity contribution in [3.05, 3.63) is 42.1 Å². The molecular weight excluding hydrogens is 314 g/mol. The first-order chi connectivity index (χ1) is 12.0. The van der Waals surface area contributed by atoms with Crippen LogP contribution < -0.4 is 10.2 Å². The Morgan fingerprint density at radius 3 is 2.36 bits per heavy atom. The molecule has 1 aromatic carbocycles. The van der Waals surface area contributed by atoms with E-state index in [2.05, 4.69) is 34.0 Å². The van der Waals surface area contributed by atoms with Crippen LogP contribution in [0.15, 0.2) is 36.4 Å². The van der Waals surface area contributed by atoms with E-state index in [1.807, 2.05) is 49.3 Å². The molecule has 1 N–H and O–H groups in total. The molecule has 2 aromatic rings. The van der Waals surface area contributed by atoms with Crippen LogP contribution in [0, 0.1) is 0 Å². The zero-order valence-electron chi connectivity index (χ0n) is 15.5. The largest absolute Gasteiger partial charge is 0.357 e. The second-order valence-electron chi connectivity index (χ2n) is 6.03. The van der Waals surface area contributed by atoms with Crippen molar-refractivity contribution in [2.75, 3.05) is 45.2 Å². The molecule has 0 aliphatic carbocycles. The maximum Gasteiger partial charge on any atom is 0.270 e. The lowest BCUT2D eigenvalue weighted by Crippen LogP contribution is -2.32. The Kier molecular flexibility index (Phi) is 6.89. The number of nitrogens with one attached hydrogen (secondary N) is 1. The monoisotopic (exact) mass is 341 g/mol. The highest BCUT2D eigenvalue weighted by molar-refractivity contribution is 5.93. The van der Waals surface area contributed by atoms with Gasteiger partial charge in [0.2, 0.25) is 0 Å². The average Bonchev–Trinajstić information content (AvgIpc) is 2.63. The standard InChI is InChI=1S/C19H27N5O/c1-5-24(6-2)17-14-16(19(25)20-12-13-23(3)4)21-18(22-17)15-10-8-7-9-11-15/h7-11,14H,5-6,12-13H2,1-4H3,(H,20,25). The van der Waals surface area contributed by atoms with Gasteiger partial charge in [-0.05, 0) is 27.9 Å². The molecule has 0 bridgehead atoms. The van der Waals surface area contributed by atoms with Gasteiger partial charge in [-0.3, -0.25) is 4.79 Å². The van der Waals surface area contributed by atoms with Crippen LogP contribution in [0.1, 0.15) is 24.3 Å². The molecule has 0 saturated heterocycles. The molecule has 0 saturated carbocycles. The van der Waals surface area contributed by atoms with Crippen LogP contribution in [-0.4, -0.2) is 61.0 Å². The van der Waals surface area contributed by atoms with Gasteiger partial charge in [0.1, 0.15) is 11.5 Å². The molecule has 1 amide bonds. The Labute approximate surface area is 149 Å². The second kappa shape index (κ2) is 9.13. The summed E-state index contributed by atoms with van der Waals surface area (Å²) in [7, 11) is 3.95. The Bertz CT molecular complexity index is 683. The number of carbonyl (C=O) groups excluding carboxylic acids is 1. The van der Waals surface area contributed by atoms with Crippen molar-refractivity contribution in [1.82, 2.24) is 20.2 Å². The van der Waals surface area contributed by atoms with Gasteiger partial charge in [-0.15, -0.1) is 0 Å². The van der Waals surface area contributed by atoms with Crippen LogP contribution in [0.4, 0.5) is 5.82 Å². The number of likely N-dealkylation sites (N-methyl/N-ethyl adjacent to an activating group) is 1. The van der Waals surface area contributed by atoms with Crippen LogP contribution in [-0.2, 0) is 0 Å². The zero-order chi connectivity index (χ0) is 18.2. The van der Waals surface area contributed by atoms with E-state index in [1.165, 1.54) is 0 Å². The van der Waals surface area contributed by atoms with Crippen LogP contribution in [0.3, 0.4) is 0 Å². The highest BCUT2D eigenvalue weighted by Crippen LogP contribution is 2.20. The van der Waals surface area contributed by atoms with Crippen LogP contribution in [0.5, 0.6) is 0 Å². The first-order valence-corrected chi connectivity index (χ1v) is 8.67. The molecule has 0 fully saturated rings. The number of aromatic nitrogens is 2. The summed E-state index contributed by atoms with van der Waals surface area (Å²) in [5.41, 5.74) is 1.30. The fraction of sp³-hybridized carbons (Fsp3) is 0.421. The normalized spacial score (nSPS) is 10.8. The summed E-state index contributed by atoms with van der Waals surface area (Å²) in [6.07, 6.45) is 0. The average molecular weight is 341 g/mol. The molecule has 1 heterocycles. The van der Waals surface area contributed by atoms with Crippen LogP contribution in [0.2, 0.25) is 0 Å². The fourth-order valence-corrected chi connectivity index (χ4v) is 2.46. The van der Waals surface area contributed by atoms with E-state index in [1.54, 1.807) is 6.07 Å². The molecule has 0 atom stereocenters. The number of hydrogen-bond acceptors (Lipinski definition) is 5. The van der Waals surface area contributed by atoms with Gasteiger partial charge in [0.25, 0.3) is 5.91 Å². The first-order valence-electron chi connectivity index (χ1n) is 8.67. The number of rotatable bonds is 8. The second-order valence-corrected chi connectivity index (χ2v) is 6.03. The van der Waals surface area contributed by atoms with Crippen molar-refractivity contribution < 1.29 is 4.79 Å². The molecule has 25 heavy (non-hydrogen) atoms. The van der Waals surface area contributed by atoms with Crippen molar-refractivity contribution in [3.63, 3.8) is 0 Å². The maximum atomic E-state index is 12.5. The van der Waals surface area contributed by atoms with E-state index in [-0.39, 0.29) is 5.91 Å². The Morgan fingerprint density at radius 2 is 1.76 bits per heavy atom. The van der Waals surface area contributed by atoms with E-state index in [0.717, 1.165) is 31.0 Å². The van der Waals surface area contributed by atoms with Gasteiger partial charge in [-0.2, -0.15) is 0 Å². The van der Waals surface area contributed by atoms with Gasteiger partial charge in [0.15, 0.2) is 5.82 Å². The topological polar surface area (TPSA) is 61.4 Å². The van der Waals surface area contributed by atoms with Crippen molar-refractivity contribution in [3.8, 4) is 11.4 Å². The molecule has 0 radical (unpaired) electrons. The molecule has 0 aliphatic heterocycles. The maximum absolute atomic E-state index is 12.5. The quantitative estimate of drug-likeness (QED) is 0.798. The summed E-state index contributed by atoms with van der Waals surface area (Å²) in [6.45, 7) is 7.16.